The number of nitrogens with zero attached hydrogens (tertiary/aromatic N) is 1. The van der Waals surface area contributed by atoms with Crippen LogP contribution in [-0.4, -0.2) is 37.6 Å². The molecule has 0 fully saturated rings. The van der Waals surface area contributed by atoms with Gasteiger partial charge in [-0.15, -0.1) is 0 Å². The van der Waals surface area contributed by atoms with Gasteiger partial charge in [-0.3, -0.25) is 4.79 Å². The summed E-state index contributed by atoms with van der Waals surface area (Å²) in [6, 6.07) is 0.550. The van der Waals surface area contributed by atoms with Gasteiger partial charge in [-0.05, 0) is 33.7 Å². The fraction of sp³-hybridized carbons (Fsp3) is 0.917. The lowest BCUT2D eigenvalue weighted by atomic mass is 9.92. The largest absolute Gasteiger partial charge is 0.469 e. The van der Waals surface area contributed by atoms with Gasteiger partial charge in [0.05, 0.1) is 12.5 Å². The lowest BCUT2D eigenvalue weighted by molar-refractivity contribution is -0.151. The fourth-order valence-electron chi connectivity index (χ4n) is 2.01. The van der Waals surface area contributed by atoms with Gasteiger partial charge in [-0.25, -0.2) is 0 Å². The summed E-state index contributed by atoms with van der Waals surface area (Å²) < 4.78 is 4.80. The van der Waals surface area contributed by atoms with E-state index in [0.717, 1.165) is 19.4 Å². The summed E-state index contributed by atoms with van der Waals surface area (Å²) in [6.07, 6.45) is 2.23. The topological polar surface area (TPSA) is 29.5 Å². The van der Waals surface area contributed by atoms with Gasteiger partial charge in [0.15, 0.2) is 0 Å². The Bertz CT molecular complexity index is 198. The summed E-state index contributed by atoms with van der Waals surface area (Å²) in [7, 11) is 3.52. The highest BCUT2D eigenvalue weighted by atomic mass is 16.5. The van der Waals surface area contributed by atoms with Crippen LogP contribution in [0.25, 0.3) is 0 Å². The van der Waals surface area contributed by atoms with Crippen LogP contribution in [0.15, 0.2) is 0 Å². The number of carbonyl (C=O) groups excluding carboxylic acids is 1. The average molecular weight is 215 g/mol. The summed E-state index contributed by atoms with van der Waals surface area (Å²) in [5.41, 5.74) is -0.425. The molecule has 0 unspecified atom stereocenters. The van der Waals surface area contributed by atoms with Crippen LogP contribution in [0.5, 0.6) is 0 Å². The molecule has 0 aromatic rings. The summed E-state index contributed by atoms with van der Waals surface area (Å²) in [5.74, 6) is -0.139. The van der Waals surface area contributed by atoms with Crippen molar-refractivity contribution in [1.82, 2.24) is 4.90 Å². The monoisotopic (exact) mass is 215 g/mol. The molecule has 0 N–H and O–H groups in total. The second-order valence-electron chi connectivity index (χ2n) is 4.76. The zero-order valence-corrected chi connectivity index (χ0v) is 11.0. The van der Waals surface area contributed by atoms with Crippen LogP contribution in [-0.2, 0) is 9.53 Å². The summed E-state index contributed by atoms with van der Waals surface area (Å²) in [4.78, 5) is 13.8. The van der Waals surface area contributed by atoms with Crippen LogP contribution in [0.4, 0.5) is 0 Å². The zero-order chi connectivity index (χ0) is 12.1. The van der Waals surface area contributed by atoms with Crippen molar-refractivity contribution in [3.8, 4) is 0 Å². The molecule has 0 saturated heterocycles. The Morgan fingerprint density at radius 2 is 1.80 bits per heavy atom. The van der Waals surface area contributed by atoms with Gasteiger partial charge < -0.3 is 9.64 Å². The summed E-state index contributed by atoms with van der Waals surface area (Å²) in [5, 5.41) is 0. The molecule has 15 heavy (non-hydrogen) atoms. The zero-order valence-electron chi connectivity index (χ0n) is 11.0. The quantitative estimate of drug-likeness (QED) is 0.637. The van der Waals surface area contributed by atoms with Crippen molar-refractivity contribution in [1.29, 1.82) is 0 Å². The molecule has 0 aliphatic heterocycles. The van der Waals surface area contributed by atoms with Gasteiger partial charge in [0.1, 0.15) is 0 Å². The first-order valence-corrected chi connectivity index (χ1v) is 5.67. The standard InChI is InChI=1S/C12H25NO2/c1-7-10(8-2)13(5)9-12(3,4)11(14)15-6/h10H,7-9H2,1-6H3. The van der Waals surface area contributed by atoms with E-state index in [0.29, 0.717) is 6.04 Å². The third kappa shape index (κ3) is 4.20. The van der Waals surface area contributed by atoms with Crippen LogP contribution in [0.3, 0.4) is 0 Å². The molecule has 0 aromatic carbocycles. The van der Waals surface area contributed by atoms with Gasteiger partial charge in [-0.2, -0.15) is 0 Å². The van der Waals surface area contributed by atoms with Gasteiger partial charge in [0, 0.05) is 12.6 Å². The lowest BCUT2D eigenvalue weighted by Crippen LogP contribution is -2.42. The summed E-state index contributed by atoms with van der Waals surface area (Å²) in [6.45, 7) is 8.95. The Kier molecular flexibility index (Phi) is 5.88. The Morgan fingerprint density at radius 1 is 1.33 bits per heavy atom. The second kappa shape index (κ2) is 6.11. The molecule has 0 aromatic heterocycles. The van der Waals surface area contributed by atoms with E-state index >= 15 is 0 Å². The number of ether oxygens (including phenoxy) is 1. The molecule has 0 saturated carbocycles. The SMILES string of the molecule is CCC(CC)N(C)CC(C)(C)C(=O)OC. The average Bonchev–Trinajstić information content (AvgIpc) is 2.17. The molecule has 3 nitrogen and oxygen atoms in total. The highest BCUT2D eigenvalue weighted by molar-refractivity contribution is 5.76. The lowest BCUT2D eigenvalue weighted by Gasteiger charge is -2.32. The normalized spacial score (nSPS) is 12.3. The molecule has 0 atom stereocenters. The van der Waals surface area contributed by atoms with Crippen LogP contribution in [0.1, 0.15) is 40.5 Å². The second-order valence-corrected chi connectivity index (χ2v) is 4.76. The van der Waals surface area contributed by atoms with Crippen molar-refractivity contribution in [2.24, 2.45) is 5.41 Å². The first-order chi connectivity index (χ1) is 6.88. The van der Waals surface area contributed by atoms with Crippen molar-refractivity contribution in [3.63, 3.8) is 0 Å². The minimum absolute atomic E-state index is 0.139. The van der Waals surface area contributed by atoms with E-state index in [1.807, 2.05) is 13.8 Å². The molecule has 3 heteroatoms. The van der Waals surface area contributed by atoms with Crippen molar-refractivity contribution in [2.75, 3.05) is 20.7 Å². The molecule has 0 rings (SSSR count). The van der Waals surface area contributed by atoms with Crippen LogP contribution < -0.4 is 0 Å². The van der Waals surface area contributed by atoms with E-state index in [2.05, 4.69) is 25.8 Å². The molecule has 0 heterocycles. The smallest absolute Gasteiger partial charge is 0.312 e. The maximum absolute atomic E-state index is 11.5. The molecular formula is C12H25NO2. The van der Waals surface area contributed by atoms with Crippen LogP contribution >= 0.6 is 0 Å². The van der Waals surface area contributed by atoms with E-state index in [1.54, 1.807) is 0 Å². The van der Waals surface area contributed by atoms with E-state index < -0.39 is 5.41 Å². The Hall–Kier alpha value is -0.570. The van der Waals surface area contributed by atoms with Crippen molar-refractivity contribution in [3.05, 3.63) is 0 Å². The summed E-state index contributed by atoms with van der Waals surface area (Å²) >= 11 is 0. The molecule has 0 aliphatic carbocycles. The van der Waals surface area contributed by atoms with Crippen molar-refractivity contribution >= 4 is 5.97 Å². The molecule has 0 spiro atoms. The molecule has 0 radical (unpaired) electrons. The van der Waals surface area contributed by atoms with Crippen molar-refractivity contribution in [2.45, 2.75) is 46.6 Å². The van der Waals surface area contributed by atoms with E-state index in [-0.39, 0.29) is 5.97 Å². The fourth-order valence-corrected chi connectivity index (χ4v) is 2.01. The maximum Gasteiger partial charge on any atom is 0.312 e. The predicted molar refractivity (Wildman–Crippen MR) is 62.8 cm³/mol. The van der Waals surface area contributed by atoms with Gasteiger partial charge in [0.25, 0.3) is 0 Å². The first-order valence-electron chi connectivity index (χ1n) is 5.67. The Balaban J connectivity index is 4.37. The third-order valence-corrected chi connectivity index (χ3v) is 2.95. The number of rotatable bonds is 6. The van der Waals surface area contributed by atoms with Gasteiger partial charge >= 0.3 is 5.97 Å². The number of hydrogen-bond acceptors (Lipinski definition) is 3. The maximum atomic E-state index is 11.5. The highest BCUT2D eigenvalue weighted by Crippen LogP contribution is 2.20. The van der Waals surface area contributed by atoms with Crippen molar-refractivity contribution < 1.29 is 9.53 Å². The molecule has 0 aliphatic rings. The number of carbonyl (C=O) groups is 1. The van der Waals surface area contributed by atoms with E-state index in [9.17, 15) is 4.79 Å². The molecule has 0 amide bonds. The number of esters is 1. The first kappa shape index (κ1) is 14.4. The van der Waals surface area contributed by atoms with E-state index in [4.69, 9.17) is 4.74 Å². The minimum atomic E-state index is -0.425. The third-order valence-electron chi connectivity index (χ3n) is 2.95. The molecule has 0 bridgehead atoms. The van der Waals surface area contributed by atoms with Crippen LogP contribution in [0.2, 0.25) is 0 Å². The number of hydrogen-bond donors (Lipinski definition) is 0. The Morgan fingerprint density at radius 3 is 2.13 bits per heavy atom. The highest BCUT2D eigenvalue weighted by Gasteiger charge is 2.31. The molecular weight excluding hydrogens is 190 g/mol. The predicted octanol–water partition coefficient (Wildman–Crippen LogP) is 2.31. The minimum Gasteiger partial charge on any atom is -0.469 e. The Labute approximate surface area is 93.8 Å². The van der Waals surface area contributed by atoms with Crippen LogP contribution in [0, 0.1) is 5.41 Å². The van der Waals surface area contributed by atoms with E-state index in [1.165, 1.54) is 7.11 Å². The van der Waals surface area contributed by atoms with Gasteiger partial charge in [0.2, 0.25) is 0 Å². The number of methoxy groups -OCH3 is 1. The van der Waals surface area contributed by atoms with Gasteiger partial charge in [-0.1, -0.05) is 13.8 Å². The molecule has 90 valence electrons.